The van der Waals surface area contributed by atoms with Gasteiger partial charge in [0.15, 0.2) is 5.82 Å². The molecule has 0 aliphatic rings. The molecule has 0 fully saturated rings. The Bertz CT molecular complexity index is 1580. The summed E-state index contributed by atoms with van der Waals surface area (Å²) < 4.78 is 4.63. The van der Waals surface area contributed by atoms with Crippen LogP contribution in [0.5, 0.6) is 0 Å². The van der Waals surface area contributed by atoms with E-state index < -0.39 is 0 Å². The number of nitrogens with zero attached hydrogens (tertiary/aromatic N) is 6. The van der Waals surface area contributed by atoms with Crippen molar-refractivity contribution in [3.05, 3.63) is 98.8 Å². The highest BCUT2D eigenvalue weighted by Gasteiger charge is 2.19. The molecule has 0 aliphatic carbocycles. The highest BCUT2D eigenvalue weighted by Crippen LogP contribution is 2.30. The van der Waals surface area contributed by atoms with Gasteiger partial charge in [-0.15, -0.1) is 5.10 Å². The minimum Gasteiger partial charge on any atom is -0.292 e. The van der Waals surface area contributed by atoms with Crippen molar-refractivity contribution in [2.24, 2.45) is 0 Å². The largest absolute Gasteiger partial charge is 0.333 e. The average Bonchev–Trinajstić information content (AvgIpc) is 3.57. The number of tetrazole rings is 1. The van der Waals surface area contributed by atoms with E-state index in [4.69, 9.17) is 0 Å². The molecule has 5 aromatic rings. The molecule has 2 aromatic carbocycles. The molecule has 1 N–H and O–H groups in total. The number of nitrogens with one attached hydrogen (secondary N) is 1. The van der Waals surface area contributed by atoms with E-state index in [-0.39, 0.29) is 11.6 Å². The monoisotopic (exact) mass is 571 g/mol. The maximum atomic E-state index is 13.8. The van der Waals surface area contributed by atoms with Gasteiger partial charge in [-0.2, -0.15) is 0 Å². The number of aromatic amines is 1. The van der Waals surface area contributed by atoms with E-state index in [0.29, 0.717) is 12.4 Å². The second-order valence-corrected chi connectivity index (χ2v) is 10.5. The van der Waals surface area contributed by atoms with Gasteiger partial charge in [0.25, 0.3) is 0 Å². The molecular formula is C29H30BrN7O. The Morgan fingerprint density at radius 1 is 1.05 bits per heavy atom. The molecule has 0 saturated heterocycles. The first-order valence-corrected chi connectivity index (χ1v) is 13.7. The molecule has 38 heavy (non-hydrogen) atoms. The Balaban J connectivity index is 1.51. The van der Waals surface area contributed by atoms with Crippen LogP contribution in [0.3, 0.4) is 0 Å². The van der Waals surface area contributed by atoms with Crippen LogP contribution >= 0.6 is 15.9 Å². The van der Waals surface area contributed by atoms with E-state index in [0.717, 1.165) is 63.1 Å². The van der Waals surface area contributed by atoms with Crippen LogP contribution < -0.4 is 5.69 Å². The van der Waals surface area contributed by atoms with E-state index in [1.54, 1.807) is 6.20 Å². The van der Waals surface area contributed by atoms with Gasteiger partial charge in [0.2, 0.25) is 0 Å². The van der Waals surface area contributed by atoms with Crippen LogP contribution in [0.1, 0.15) is 56.4 Å². The molecule has 0 unspecified atom stereocenters. The number of benzene rings is 2. The zero-order valence-corrected chi connectivity index (χ0v) is 23.3. The topological polar surface area (TPSA) is 94.3 Å². The summed E-state index contributed by atoms with van der Waals surface area (Å²) in [6.45, 7) is 6.97. The van der Waals surface area contributed by atoms with Crippen molar-refractivity contribution in [3.8, 4) is 28.3 Å². The summed E-state index contributed by atoms with van der Waals surface area (Å²) in [5.74, 6) is 0.854. The quantitative estimate of drug-likeness (QED) is 0.228. The second kappa shape index (κ2) is 11.3. The highest BCUT2D eigenvalue weighted by molar-refractivity contribution is 9.10. The third kappa shape index (κ3) is 5.11. The van der Waals surface area contributed by atoms with Crippen molar-refractivity contribution < 1.29 is 0 Å². The number of H-pyrrole nitrogens is 1. The SMILES string of the molecule is CCCCc1cn(-c2c(Br)cccc2C(C)C)c(=O)n1Cc1ccc(-c2ncccc2-c2nnn[nH]2)cc1. The van der Waals surface area contributed by atoms with Crippen LogP contribution in [-0.2, 0) is 13.0 Å². The Labute approximate surface area is 229 Å². The van der Waals surface area contributed by atoms with Gasteiger partial charge >= 0.3 is 5.69 Å². The Kier molecular flexibility index (Phi) is 7.64. The molecule has 8 nitrogen and oxygen atoms in total. The standard InChI is InChI=1S/C29H30BrN7O/c1-4-5-8-22-18-37(27-23(19(2)3)9-6-11-25(27)30)29(38)36(22)17-20-12-14-21(15-13-20)26-24(10-7-16-31-26)28-32-34-35-33-28/h6-7,9-16,18-19H,4-5,8,17H2,1-3H3,(H,32,33,34,35). The molecule has 0 radical (unpaired) electrons. The Morgan fingerprint density at radius 2 is 1.87 bits per heavy atom. The number of unbranched alkanes of at least 4 members (excludes halogenated alkanes) is 1. The lowest BCUT2D eigenvalue weighted by atomic mass is 10.0. The van der Waals surface area contributed by atoms with Gasteiger partial charge in [0, 0.05) is 33.7 Å². The molecule has 3 aromatic heterocycles. The Hall–Kier alpha value is -3.85. The summed E-state index contributed by atoms with van der Waals surface area (Å²) in [6.07, 6.45) is 6.71. The fourth-order valence-electron chi connectivity index (χ4n) is 4.72. The second-order valence-electron chi connectivity index (χ2n) is 9.64. The number of aromatic nitrogens is 7. The zero-order valence-electron chi connectivity index (χ0n) is 21.7. The predicted octanol–water partition coefficient (Wildman–Crippen LogP) is 6.16. The number of imidazole rings is 1. The summed E-state index contributed by atoms with van der Waals surface area (Å²) >= 11 is 3.70. The van der Waals surface area contributed by atoms with Crippen LogP contribution in [0.25, 0.3) is 28.3 Å². The molecule has 0 aliphatic heterocycles. The zero-order chi connectivity index (χ0) is 26.6. The number of hydrogen-bond acceptors (Lipinski definition) is 5. The molecule has 0 atom stereocenters. The van der Waals surface area contributed by atoms with Crippen molar-refractivity contribution in [2.45, 2.75) is 52.5 Å². The fourth-order valence-corrected chi connectivity index (χ4v) is 5.29. The van der Waals surface area contributed by atoms with E-state index in [1.165, 1.54) is 0 Å². The third-order valence-electron chi connectivity index (χ3n) is 6.71. The minimum atomic E-state index is -0.0289. The average molecular weight is 573 g/mol. The summed E-state index contributed by atoms with van der Waals surface area (Å²) in [5.41, 5.74) is 6.68. The van der Waals surface area contributed by atoms with Crippen LogP contribution in [0.15, 0.2) is 76.3 Å². The summed E-state index contributed by atoms with van der Waals surface area (Å²) in [5, 5.41) is 14.2. The number of halogens is 1. The number of rotatable bonds is 9. The molecule has 9 heteroatoms. The van der Waals surface area contributed by atoms with Crippen molar-refractivity contribution >= 4 is 15.9 Å². The molecule has 0 spiro atoms. The van der Waals surface area contributed by atoms with Gasteiger partial charge < -0.3 is 0 Å². The highest BCUT2D eigenvalue weighted by atomic mass is 79.9. The first kappa shape index (κ1) is 25.8. The van der Waals surface area contributed by atoms with Gasteiger partial charge in [-0.25, -0.2) is 9.89 Å². The molecular weight excluding hydrogens is 542 g/mol. The summed E-state index contributed by atoms with van der Waals surface area (Å²) in [4.78, 5) is 18.4. The fraction of sp³-hybridized carbons (Fsp3) is 0.276. The normalized spacial score (nSPS) is 11.4. The molecule has 3 heterocycles. The van der Waals surface area contributed by atoms with E-state index >= 15 is 0 Å². The number of para-hydroxylation sites is 1. The minimum absolute atomic E-state index is 0.0289. The van der Waals surface area contributed by atoms with E-state index in [2.05, 4.69) is 80.5 Å². The van der Waals surface area contributed by atoms with Crippen molar-refractivity contribution in [1.29, 1.82) is 0 Å². The number of pyridine rings is 1. The molecule has 5 rings (SSSR count). The Morgan fingerprint density at radius 3 is 2.58 bits per heavy atom. The molecule has 0 saturated carbocycles. The van der Waals surface area contributed by atoms with Crippen LogP contribution in [0.4, 0.5) is 0 Å². The van der Waals surface area contributed by atoms with Crippen LogP contribution in [0.2, 0.25) is 0 Å². The predicted molar refractivity (Wildman–Crippen MR) is 152 cm³/mol. The summed E-state index contributed by atoms with van der Waals surface area (Å²) in [7, 11) is 0. The van der Waals surface area contributed by atoms with Crippen LogP contribution in [-0.4, -0.2) is 34.7 Å². The van der Waals surface area contributed by atoms with Crippen molar-refractivity contribution in [3.63, 3.8) is 0 Å². The maximum absolute atomic E-state index is 13.8. The molecule has 194 valence electrons. The first-order chi connectivity index (χ1) is 18.5. The summed E-state index contributed by atoms with van der Waals surface area (Å²) in [6, 6.07) is 18.1. The van der Waals surface area contributed by atoms with Gasteiger partial charge in [0.1, 0.15) is 0 Å². The third-order valence-corrected chi connectivity index (χ3v) is 7.35. The van der Waals surface area contributed by atoms with Crippen LogP contribution in [0, 0.1) is 0 Å². The number of hydrogen-bond donors (Lipinski definition) is 1. The van der Waals surface area contributed by atoms with Gasteiger partial charge in [-0.1, -0.05) is 63.6 Å². The lowest BCUT2D eigenvalue weighted by molar-refractivity contribution is 0.673. The molecule has 0 amide bonds. The number of aryl methyl sites for hydroxylation is 1. The van der Waals surface area contributed by atoms with E-state index in [9.17, 15) is 4.79 Å². The van der Waals surface area contributed by atoms with Gasteiger partial charge in [-0.05, 0) is 74.4 Å². The lowest BCUT2D eigenvalue weighted by Gasteiger charge is -2.14. The first-order valence-electron chi connectivity index (χ1n) is 12.9. The van der Waals surface area contributed by atoms with Crippen molar-refractivity contribution in [2.75, 3.05) is 0 Å². The van der Waals surface area contributed by atoms with E-state index in [1.807, 2.05) is 51.7 Å². The molecule has 0 bridgehead atoms. The van der Waals surface area contributed by atoms with Gasteiger partial charge in [-0.3, -0.25) is 14.1 Å². The lowest BCUT2D eigenvalue weighted by Crippen LogP contribution is -2.25. The van der Waals surface area contributed by atoms with Crippen molar-refractivity contribution in [1.82, 2.24) is 34.7 Å². The maximum Gasteiger partial charge on any atom is 0.333 e. The smallest absolute Gasteiger partial charge is 0.292 e. The van der Waals surface area contributed by atoms with Gasteiger partial charge in [0.05, 0.1) is 17.9 Å².